The molecule has 1 fully saturated rings. The number of amides is 1. The Balaban J connectivity index is 1.35. The number of aromatic nitrogens is 2. The number of halogens is 3. The molecule has 1 amide bonds. The summed E-state index contributed by atoms with van der Waals surface area (Å²) >= 11 is 0. The van der Waals surface area contributed by atoms with E-state index in [9.17, 15) is 18.0 Å². The second-order valence-electron chi connectivity index (χ2n) is 7.38. The van der Waals surface area contributed by atoms with Gasteiger partial charge >= 0.3 is 6.18 Å². The van der Waals surface area contributed by atoms with Crippen molar-refractivity contribution in [2.75, 3.05) is 0 Å². The van der Waals surface area contributed by atoms with E-state index in [0.717, 1.165) is 23.4 Å². The van der Waals surface area contributed by atoms with Gasteiger partial charge in [-0.3, -0.25) is 4.79 Å². The number of fused-ring (bicyclic) bond motifs is 5. The number of benzene rings is 2. The maximum Gasteiger partial charge on any atom is 0.416 e. The molecular formula is C21H16F3N3O. The summed E-state index contributed by atoms with van der Waals surface area (Å²) in [5.74, 6) is -0.483. The number of carbonyl (C=O) groups is 1. The lowest BCUT2D eigenvalue weighted by Crippen LogP contribution is -2.55. The van der Waals surface area contributed by atoms with Crippen LogP contribution in [0.25, 0.3) is 11.3 Å². The Morgan fingerprint density at radius 3 is 2.71 bits per heavy atom. The van der Waals surface area contributed by atoms with Crippen LogP contribution < -0.4 is 5.32 Å². The third-order valence-electron chi connectivity index (χ3n) is 5.76. The molecule has 3 aromatic rings. The summed E-state index contributed by atoms with van der Waals surface area (Å²) < 4.78 is 40.8. The van der Waals surface area contributed by atoms with Crippen LogP contribution in [0.15, 0.2) is 61.1 Å². The molecule has 1 N–H and O–H groups in total. The summed E-state index contributed by atoms with van der Waals surface area (Å²) in [4.78, 5) is 16.7. The van der Waals surface area contributed by atoms with Gasteiger partial charge in [0, 0.05) is 17.2 Å². The Morgan fingerprint density at radius 2 is 1.93 bits per heavy atom. The van der Waals surface area contributed by atoms with Crippen LogP contribution in [-0.2, 0) is 11.7 Å². The Morgan fingerprint density at radius 1 is 1.14 bits per heavy atom. The van der Waals surface area contributed by atoms with Gasteiger partial charge in [-0.15, -0.1) is 0 Å². The van der Waals surface area contributed by atoms with Gasteiger partial charge in [-0.1, -0.05) is 30.3 Å². The number of nitrogens with zero attached hydrogens (tertiary/aromatic N) is 2. The molecule has 4 nitrogen and oxygen atoms in total. The quantitative estimate of drug-likeness (QED) is 0.720. The van der Waals surface area contributed by atoms with E-state index in [-0.39, 0.29) is 17.1 Å². The Hall–Kier alpha value is -3.09. The first-order chi connectivity index (χ1) is 13.4. The monoisotopic (exact) mass is 383 g/mol. The zero-order valence-electron chi connectivity index (χ0n) is 14.7. The predicted octanol–water partition coefficient (Wildman–Crippen LogP) is 4.22. The van der Waals surface area contributed by atoms with Crippen molar-refractivity contribution < 1.29 is 18.0 Å². The van der Waals surface area contributed by atoms with E-state index in [2.05, 4.69) is 27.0 Å². The highest BCUT2D eigenvalue weighted by Gasteiger charge is 2.52. The van der Waals surface area contributed by atoms with Crippen LogP contribution in [0.4, 0.5) is 13.2 Å². The largest absolute Gasteiger partial charge is 0.416 e. The minimum atomic E-state index is -4.47. The molecule has 1 spiro atoms. The second kappa shape index (κ2) is 5.70. The van der Waals surface area contributed by atoms with Crippen molar-refractivity contribution in [3.05, 3.63) is 77.7 Å². The molecule has 1 aliphatic heterocycles. The molecule has 2 aromatic carbocycles. The van der Waals surface area contributed by atoms with Crippen LogP contribution in [0, 0.1) is 0 Å². The molecule has 1 aromatic heterocycles. The van der Waals surface area contributed by atoms with Gasteiger partial charge in [0.25, 0.3) is 5.91 Å². The van der Waals surface area contributed by atoms with Gasteiger partial charge in [-0.25, -0.2) is 4.98 Å². The van der Waals surface area contributed by atoms with Crippen molar-refractivity contribution >= 4 is 5.91 Å². The number of nitrogens with one attached hydrogen (secondary N) is 1. The molecule has 28 heavy (non-hydrogen) atoms. The molecule has 0 unspecified atom stereocenters. The highest BCUT2D eigenvalue weighted by Crippen LogP contribution is 2.54. The first-order valence-corrected chi connectivity index (χ1v) is 8.99. The van der Waals surface area contributed by atoms with E-state index in [1.165, 1.54) is 17.7 Å². The van der Waals surface area contributed by atoms with Gasteiger partial charge < -0.3 is 9.88 Å². The van der Waals surface area contributed by atoms with E-state index in [1.807, 2.05) is 18.3 Å². The van der Waals surface area contributed by atoms with E-state index in [4.69, 9.17) is 0 Å². The molecule has 0 radical (unpaired) electrons. The summed E-state index contributed by atoms with van der Waals surface area (Å²) in [6.45, 7) is 0. The Labute approximate surface area is 159 Å². The summed E-state index contributed by atoms with van der Waals surface area (Å²) in [6.07, 6.45) is 0.528. The molecule has 142 valence electrons. The Bertz CT molecular complexity index is 1080. The lowest BCUT2D eigenvalue weighted by Gasteiger charge is -2.47. The van der Waals surface area contributed by atoms with Crippen molar-refractivity contribution in [2.24, 2.45) is 0 Å². The molecule has 2 aliphatic rings. The van der Waals surface area contributed by atoms with Gasteiger partial charge in [0.05, 0.1) is 29.3 Å². The fourth-order valence-corrected chi connectivity index (χ4v) is 4.46. The average molecular weight is 383 g/mol. The van der Waals surface area contributed by atoms with E-state index in [1.54, 1.807) is 6.33 Å². The topological polar surface area (TPSA) is 46.9 Å². The summed E-state index contributed by atoms with van der Waals surface area (Å²) in [6, 6.07) is 12.5. The van der Waals surface area contributed by atoms with E-state index >= 15 is 0 Å². The van der Waals surface area contributed by atoms with Crippen LogP contribution >= 0.6 is 0 Å². The number of hydrogen-bond donors (Lipinski definition) is 1. The third kappa shape index (κ3) is 2.38. The van der Waals surface area contributed by atoms with Gasteiger partial charge in [0.1, 0.15) is 0 Å². The van der Waals surface area contributed by atoms with Gasteiger partial charge in [0.2, 0.25) is 0 Å². The van der Waals surface area contributed by atoms with Gasteiger partial charge in [0.15, 0.2) is 0 Å². The lowest BCUT2D eigenvalue weighted by molar-refractivity contribution is -0.137. The van der Waals surface area contributed by atoms with Crippen molar-refractivity contribution in [1.29, 1.82) is 0 Å². The molecule has 0 atom stereocenters. The summed E-state index contributed by atoms with van der Waals surface area (Å²) in [7, 11) is 0. The number of carbonyl (C=O) groups excluding carboxylic acids is 1. The maximum absolute atomic E-state index is 12.9. The Kier molecular flexibility index (Phi) is 3.47. The second-order valence-corrected chi connectivity index (χ2v) is 7.38. The minimum absolute atomic E-state index is 0.0194. The highest BCUT2D eigenvalue weighted by atomic mass is 19.4. The zero-order chi connectivity index (χ0) is 19.5. The first kappa shape index (κ1) is 17.0. The maximum atomic E-state index is 12.9. The van der Waals surface area contributed by atoms with Crippen molar-refractivity contribution in [1.82, 2.24) is 14.9 Å². The number of imidazole rings is 1. The average Bonchev–Trinajstić information content (AvgIpc) is 3.22. The predicted molar refractivity (Wildman–Crippen MR) is 96.7 cm³/mol. The molecule has 2 heterocycles. The normalized spacial score (nSPS) is 22.5. The van der Waals surface area contributed by atoms with Crippen molar-refractivity contribution in [3.8, 4) is 11.3 Å². The third-order valence-corrected chi connectivity index (χ3v) is 5.76. The van der Waals surface area contributed by atoms with E-state index < -0.39 is 17.6 Å². The molecule has 7 heteroatoms. The van der Waals surface area contributed by atoms with Crippen molar-refractivity contribution in [3.63, 3.8) is 0 Å². The highest BCUT2D eigenvalue weighted by molar-refractivity contribution is 5.94. The fraction of sp³-hybridized carbons (Fsp3) is 0.238. The fourth-order valence-electron chi connectivity index (χ4n) is 4.46. The van der Waals surface area contributed by atoms with Crippen LogP contribution in [0.5, 0.6) is 0 Å². The minimum Gasteiger partial charge on any atom is -0.349 e. The van der Waals surface area contributed by atoms with Crippen LogP contribution in [0.1, 0.15) is 34.3 Å². The number of alkyl halides is 3. The summed E-state index contributed by atoms with van der Waals surface area (Å²) in [5, 5.41) is 2.88. The number of hydrogen-bond acceptors (Lipinski definition) is 2. The molecule has 5 rings (SSSR count). The zero-order valence-corrected chi connectivity index (χ0v) is 14.7. The summed E-state index contributed by atoms with van der Waals surface area (Å²) in [5.41, 5.74) is 2.36. The van der Waals surface area contributed by atoms with Crippen LogP contribution in [-0.4, -0.2) is 21.5 Å². The SMILES string of the molecule is O=C(NC1CC2(C1)c1ccccc1-c1cncn12)c1cccc(C(F)(F)F)c1. The first-order valence-electron chi connectivity index (χ1n) is 8.99. The standard InChI is InChI=1S/C21H16F3N3O/c22-21(23,24)14-5-3-4-13(8-14)19(28)26-15-9-20(10-15)17-7-2-1-6-16(17)18-11-25-12-27(18)20/h1-8,11-12,15H,9-10H2,(H,26,28). The molecule has 0 bridgehead atoms. The molecular weight excluding hydrogens is 367 g/mol. The van der Waals surface area contributed by atoms with Crippen molar-refractivity contribution in [2.45, 2.75) is 30.6 Å². The van der Waals surface area contributed by atoms with Gasteiger partial charge in [-0.05, 0) is 36.6 Å². The molecule has 0 saturated heterocycles. The van der Waals surface area contributed by atoms with E-state index in [0.29, 0.717) is 12.8 Å². The molecule has 1 saturated carbocycles. The lowest BCUT2D eigenvalue weighted by atomic mass is 9.68. The number of rotatable bonds is 2. The molecule has 1 aliphatic carbocycles. The van der Waals surface area contributed by atoms with Gasteiger partial charge in [-0.2, -0.15) is 13.2 Å². The van der Waals surface area contributed by atoms with Crippen LogP contribution in [0.3, 0.4) is 0 Å². The smallest absolute Gasteiger partial charge is 0.349 e. The van der Waals surface area contributed by atoms with Crippen LogP contribution in [0.2, 0.25) is 0 Å².